The summed E-state index contributed by atoms with van der Waals surface area (Å²) in [5, 5.41) is 8.66. The van der Waals surface area contributed by atoms with Gasteiger partial charge in [-0.3, -0.25) is 9.69 Å². The summed E-state index contributed by atoms with van der Waals surface area (Å²) in [4.78, 5) is 13.2. The Morgan fingerprint density at radius 2 is 2.44 bits per heavy atom. The molecule has 2 heterocycles. The summed E-state index contributed by atoms with van der Waals surface area (Å²) in [5.41, 5.74) is 0. The molecule has 0 radical (unpaired) electrons. The van der Waals surface area contributed by atoms with E-state index in [4.69, 9.17) is 11.6 Å². The molecule has 88 valence electrons. The van der Waals surface area contributed by atoms with Crippen LogP contribution in [0.25, 0.3) is 0 Å². The van der Waals surface area contributed by atoms with Crippen LogP contribution >= 0.6 is 34.7 Å². The number of hydrogen-bond donors (Lipinski definition) is 0. The molecule has 1 aliphatic heterocycles. The van der Waals surface area contributed by atoms with Crippen LogP contribution in [0, 0.1) is 0 Å². The van der Waals surface area contributed by atoms with E-state index in [1.807, 2.05) is 0 Å². The molecule has 1 unspecified atom stereocenters. The van der Waals surface area contributed by atoms with Crippen LogP contribution in [0.15, 0.2) is 4.34 Å². The van der Waals surface area contributed by atoms with Gasteiger partial charge in [0.15, 0.2) is 4.34 Å². The summed E-state index contributed by atoms with van der Waals surface area (Å²) in [6.07, 6.45) is 1.50. The van der Waals surface area contributed by atoms with Gasteiger partial charge in [-0.05, 0) is 6.42 Å². The summed E-state index contributed by atoms with van der Waals surface area (Å²) in [5.74, 6) is 1.07. The average Bonchev–Trinajstić information content (AvgIpc) is 2.82. The predicted octanol–water partition coefficient (Wildman–Crippen LogP) is 2.38. The van der Waals surface area contributed by atoms with E-state index in [-0.39, 0.29) is 11.3 Å². The molecule has 1 fully saturated rings. The lowest BCUT2D eigenvalue weighted by Crippen LogP contribution is -2.24. The van der Waals surface area contributed by atoms with Gasteiger partial charge in [-0.15, -0.1) is 21.8 Å². The highest BCUT2D eigenvalue weighted by Crippen LogP contribution is 2.31. The zero-order valence-corrected chi connectivity index (χ0v) is 11.2. The molecule has 0 aromatic carbocycles. The Labute approximate surface area is 107 Å². The summed E-state index contributed by atoms with van der Waals surface area (Å²) in [6, 6.07) is 0. The van der Waals surface area contributed by atoms with Crippen LogP contribution in [0.3, 0.4) is 0 Å². The smallest absolute Gasteiger partial charge is 0.230 e. The quantitative estimate of drug-likeness (QED) is 0.482. The number of alkyl halides is 1. The second-order valence-corrected chi connectivity index (χ2v) is 6.42. The van der Waals surface area contributed by atoms with Crippen molar-refractivity contribution in [3.8, 4) is 0 Å². The highest BCUT2D eigenvalue weighted by atomic mass is 35.5. The molecule has 16 heavy (non-hydrogen) atoms. The van der Waals surface area contributed by atoms with Crippen molar-refractivity contribution >= 4 is 45.7 Å². The highest BCUT2D eigenvalue weighted by Gasteiger charge is 2.31. The second-order valence-electron chi connectivity index (χ2n) is 3.50. The van der Waals surface area contributed by atoms with Gasteiger partial charge in [0.1, 0.15) is 0 Å². The fourth-order valence-electron chi connectivity index (χ4n) is 1.41. The third-order valence-corrected chi connectivity index (χ3v) is 4.71. The zero-order chi connectivity index (χ0) is 11.5. The first-order valence-corrected chi connectivity index (χ1v) is 7.35. The van der Waals surface area contributed by atoms with Gasteiger partial charge in [0.05, 0.1) is 5.38 Å². The molecule has 1 aromatic heterocycles. The van der Waals surface area contributed by atoms with Crippen LogP contribution in [-0.2, 0) is 4.79 Å². The van der Waals surface area contributed by atoms with Crippen LogP contribution in [0.1, 0.15) is 19.8 Å². The van der Waals surface area contributed by atoms with E-state index in [9.17, 15) is 4.79 Å². The first-order valence-electron chi connectivity index (χ1n) is 5.11. The second kappa shape index (κ2) is 5.33. The Kier molecular flexibility index (Phi) is 4.05. The van der Waals surface area contributed by atoms with Crippen LogP contribution < -0.4 is 4.90 Å². The topological polar surface area (TPSA) is 46.1 Å². The summed E-state index contributed by atoms with van der Waals surface area (Å²) in [6.45, 7) is 2.67. The fraction of sp³-hybridized carbons (Fsp3) is 0.667. The number of aromatic nitrogens is 2. The van der Waals surface area contributed by atoms with E-state index in [2.05, 4.69) is 17.1 Å². The van der Waals surface area contributed by atoms with Crippen LogP contribution in [-0.4, -0.2) is 33.8 Å². The predicted molar refractivity (Wildman–Crippen MR) is 67.5 cm³/mol. The number of anilines is 1. The Morgan fingerprint density at radius 3 is 3.06 bits per heavy atom. The van der Waals surface area contributed by atoms with Crippen molar-refractivity contribution in [2.24, 2.45) is 0 Å². The van der Waals surface area contributed by atoms with Crippen molar-refractivity contribution in [2.45, 2.75) is 29.5 Å². The van der Waals surface area contributed by atoms with E-state index in [1.54, 1.807) is 16.7 Å². The third-order valence-electron chi connectivity index (χ3n) is 2.13. The van der Waals surface area contributed by atoms with Crippen molar-refractivity contribution in [1.29, 1.82) is 0 Å². The minimum Gasteiger partial charge on any atom is -0.285 e. The van der Waals surface area contributed by atoms with Gasteiger partial charge < -0.3 is 0 Å². The first-order chi connectivity index (χ1) is 7.70. The summed E-state index contributed by atoms with van der Waals surface area (Å²) in [7, 11) is 0. The molecule has 0 spiro atoms. The van der Waals surface area contributed by atoms with Crippen molar-refractivity contribution < 1.29 is 4.79 Å². The Morgan fingerprint density at radius 1 is 1.62 bits per heavy atom. The number of carbonyl (C=O) groups is 1. The molecular weight excluding hydrogens is 266 g/mol. The maximum absolute atomic E-state index is 11.6. The minimum atomic E-state index is -0.0943. The van der Waals surface area contributed by atoms with Gasteiger partial charge in [0, 0.05) is 18.7 Å². The van der Waals surface area contributed by atoms with Gasteiger partial charge in [-0.1, -0.05) is 30.0 Å². The van der Waals surface area contributed by atoms with E-state index in [0.29, 0.717) is 18.1 Å². The first kappa shape index (κ1) is 12.1. The monoisotopic (exact) mass is 277 g/mol. The van der Waals surface area contributed by atoms with E-state index < -0.39 is 0 Å². The van der Waals surface area contributed by atoms with Crippen LogP contribution in [0.4, 0.5) is 5.13 Å². The number of rotatable bonds is 4. The molecule has 7 heteroatoms. The Hall–Kier alpha value is -0.330. The number of nitrogens with zero attached hydrogens (tertiary/aromatic N) is 3. The molecule has 0 saturated carbocycles. The van der Waals surface area contributed by atoms with Gasteiger partial charge in [0.25, 0.3) is 0 Å². The van der Waals surface area contributed by atoms with Crippen LogP contribution in [0.5, 0.6) is 0 Å². The summed E-state index contributed by atoms with van der Waals surface area (Å²) < 4.78 is 0.919. The molecule has 1 amide bonds. The number of halogens is 1. The lowest BCUT2D eigenvalue weighted by molar-refractivity contribution is -0.117. The molecule has 1 saturated heterocycles. The SMILES string of the molecule is CCCSc1nnc(N2CC(Cl)CC2=O)s1. The highest BCUT2D eigenvalue weighted by molar-refractivity contribution is 8.01. The maximum atomic E-state index is 11.6. The molecule has 4 nitrogen and oxygen atoms in total. The minimum absolute atomic E-state index is 0.0446. The standard InChI is InChI=1S/C9H12ClN3OS2/c1-2-3-15-9-12-11-8(16-9)13-5-6(10)4-7(13)14/h6H,2-5H2,1H3. The molecular formula is C9H12ClN3OS2. The Balaban J connectivity index is 2.04. The number of amides is 1. The maximum Gasteiger partial charge on any atom is 0.230 e. The zero-order valence-electron chi connectivity index (χ0n) is 8.85. The largest absolute Gasteiger partial charge is 0.285 e. The van der Waals surface area contributed by atoms with Crippen LogP contribution in [0.2, 0.25) is 0 Å². The molecule has 0 N–H and O–H groups in total. The molecule has 0 bridgehead atoms. The van der Waals surface area contributed by atoms with E-state index in [1.165, 1.54) is 11.3 Å². The molecule has 1 aromatic rings. The van der Waals surface area contributed by atoms with E-state index >= 15 is 0 Å². The lowest BCUT2D eigenvalue weighted by atomic mass is 10.4. The average molecular weight is 278 g/mol. The lowest BCUT2D eigenvalue weighted by Gasteiger charge is -2.09. The normalized spacial score (nSPS) is 20.8. The van der Waals surface area contributed by atoms with Crippen molar-refractivity contribution in [1.82, 2.24) is 10.2 Å². The van der Waals surface area contributed by atoms with Gasteiger partial charge >= 0.3 is 0 Å². The van der Waals surface area contributed by atoms with Gasteiger partial charge in [0.2, 0.25) is 11.0 Å². The fourth-order valence-corrected chi connectivity index (χ4v) is 3.47. The molecule has 1 aliphatic rings. The molecule has 1 atom stereocenters. The van der Waals surface area contributed by atoms with Gasteiger partial charge in [-0.25, -0.2) is 0 Å². The number of hydrogen-bond acceptors (Lipinski definition) is 5. The third kappa shape index (κ3) is 2.67. The van der Waals surface area contributed by atoms with Crippen molar-refractivity contribution in [2.75, 3.05) is 17.2 Å². The number of thioether (sulfide) groups is 1. The number of carbonyl (C=O) groups excluding carboxylic acids is 1. The summed E-state index contributed by atoms with van der Waals surface area (Å²) >= 11 is 9.07. The Bertz CT molecular complexity index is 385. The molecule has 0 aliphatic carbocycles. The van der Waals surface area contributed by atoms with Crippen molar-refractivity contribution in [3.05, 3.63) is 0 Å². The van der Waals surface area contributed by atoms with Crippen molar-refractivity contribution in [3.63, 3.8) is 0 Å². The van der Waals surface area contributed by atoms with E-state index in [0.717, 1.165) is 16.5 Å². The van der Waals surface area contributed by atoms with Gasteiger partial charge in [-0.2, -0.15) is 0 Å². The molecule has 2 rings (SSSR count).